The van der Waals surface area contributed by atoms with Crippen LogP contribution in [-0.2, 0) is 0 Å². The third-order valence-corrected chi connectivity index (χ3v) is 1.45. The van der Waals surface area contributed by atoms with E-state index in [2.05, 4.69) is 6.58 Å². The molecule has 0 bridgehead atoms. The van der Waals surface area contributed by atoms with Crippen molar-refractivity contribution in [2.24, 2.45) is 0 Å². The van der Waals surface area contributed by atoms with Crippen molar-refractivity contribution in [3.8, 4) is 11.8 Å². The van der Waals surface area contributed by atoms with Crippen LogP contribution in [0.25, 0.3) is 0 Å². The quantitative estimate of drug-likeness (QED) is 0.742. The molecule has 0 amide bonds. The first-order valence-electron chi connectivity index (χ1n) is 3.79. The average Bonchev–Trinajstić information content (AvgIpc) is 2.15. The van der Waals surface area contributed by atoms with E-state index in [0.29, 0.717) is 0 Å². The third-order valence-electron chi connectivity index (χ3n) is 1.45. The van der Waals surface area contributed by atoms with E-state index in [0.717, 1.165) is 12.1 Å². The molecule has 0 fully saturated rings. The number of benzene rings is 1. The van der Waals surface area contributed by atoms with E-state index in [4.69, 9.17) is 10.00 Å². The number of rotatable bonds is 3. The van der Waals surface area contributed by atoms with Gasteiger partial charge in [-0.25, -0.2) is 8.78 Å². The minimum atomic E-state index is -0.682. The zero-order valence-electron chi connectivity index (χ0n) is 7.26. The third kappa shape index (κ3) is 2.56. The number of ether oxygens (including phenoxy) is 1. The van der Waals surface area contributed by atoms with Crippen LogP contribution >= 0.6 is 0 Å². The van der Waals surface area contributed by atoms with Gasteiger partial charge in [-0.3, -0.25) is 0 Å². The van der Waals surface area contributed by atoms with Crippen molar-refractivity contribution in [3.63, 3.8) is 0 Å². The monoisotopic (exact) mass is 195 g/mol. The van der Waals surface area contributed by atoms with E-state index in [1.807, 2.05) is 0 Å². The van der Waals surface area contributed by atoms with Crippen molar-refractivity contribution in [1.82, 2.24) is 0 Å². The largest absolute Gasteiger partial charge is 0.485 e. The van der Waals surface area contributed by atoms with Gasteiger partial charge in [-0.1, -0.05) is 6.58 Å². The molecule has 0 saturated carbocycles. The predicted octanol–water partition coefficient (Wildman–Crippen LogP) is 2.56. The van der Waals surface area contributed by atoms with Gasteiger partial charge in [-0.2, -0.15) is 5.26 Å². The van der Waals surface area contributed by atoms with Crippen LogP contribution in [0, 0.1) is 17.1 Å². The fraction of sp³-hybridized carbons (Fsp3) is 0.100. The van der Waals surface area contributed by atoms with Gasteiger partial charge in [0, 0.05) is 6.07 Å². The van der Waals surface area contributed by atoms with Crippen molar-refractivity contribution in [1.29, 1.82) is 5.26 Å². The number of nitriles is 1. The lowest BCUT2D eigenvalue weighted by molar-refractivity contribution is 0.317. The molecular weight excluding hydrogens is 188 g/mol. The number of nitrogens with zero attached hydrogens (tertiary/aromatic N) is 1. The maximum atomic E-state index is 12.7. The van der Waals surface area contributed by atoms with Crippen LogP contribution in [0.15, 0.2) is 30.6 Å². The second kappa shape index (κ2) is 4.38. The Kier molecular flexibility index (Phi) is 3.19. The van der Waals surface area contributed by atoms with Crippen LogP contribution < -0.4 is 4.74 Å². The summed E-state index contributed by atoms with van der Waals surface area (Å²) >= 11 is 0. The van der Waals surface area contributed by atoms with Gasteiger partial charge in [0.2, 0.25) is 0 Å². The average molecular weight is 195 g/mol. The van der Waals surface area contributed by atoms with Gasteiger partial charge in [0.25, 0.3) is 0 Å². The predicted molar refractivity (Wildman–Crippen MR) is 46.9 cm³/mol. The highest BCUT2D eigenvalue weighted by molar-refractivity contribution is 5.43. The number of hydrogen-bond donors (Lipinski definition) is 0. The van der Waals surface area contributed by atoms with Crippen molar-refractivity contribution < 1.29 is 13.5 Å². The molecule has 1 aromatic rings. The molecule has 1 aromatic carbocycles. The Hall–Kier alpha value is -1.89. The molecule has 0 aliphatic heterocycles. The molecule has 2 nitrogen and oxygen atoms in total. The Morgan fingerprint density at radius 2 is 2.29 bits per heavy atom. The molecule has 0 aliphatic rings. The molecular formula is C10H7F2NO. The minimum absolute atomic E-state index is 0.0197. The fourth-order valence-corrected chi connectivity index (χ4v) is 0.864. The number of hydrogen-bond acceptors (Lipinski definition) is 2. The molecule has 0 spiro atoms. The molecule has 4 heteroatoms. The van der Waals surface area contributed by atoms with E-state index in [9.17, 15) is 8.78 Å². The highest BCUT2D eigenvalue weighted by atomic mass is 19.1. The number of halogens is 2. The summed E-state index contributed by atoms with van der Waals surface area (Å²) in [5.74, 6) is -1.20. The van der Waals surface area contributed by atoms with E-state index in [1.165, 1.54) is 6.07 Å². The Morgan fingerprint density at radius 1 is 1.57 bits per heavy atom. The van der Waals surface area contributed by atoms with Crippen LogP contribution in [0.1, 0.15) is 5.56 Å². The molecule has 72 valence electrons. The summed E-state index contributed by atoms with van der Waals surface area (Å²) in [4.78, 5) is 0. The summed E-state index contributed by atoms with van der Waals surface area (Å²) in [6.45, 7) is 2.60. The Morgan fingerprint density at radius 3 is 2.86 bits per heavy atom. The summed E-state index contributed by atoms with van der Waals surface area (Å²) in [6.07, 6.45) is 0. The van der Waals surface area contributed by atoms with Crippen LogP contribution in [0.3, 0.4) is 0 Å². The maximum Gasteiger partial charge on any atom is 0.140 e. The SMILES string of the molecule is C=C(F)COc1cc(F)ccc1C#N. The van der Waals surface area contributed by atoms with Gasteiger partial charge in [0.15, 0.2) is 0 Å². The van der Waals surface area contributed by atoms with Gasteiger partial charge in [0.1, 0.15) is 30.1 Å². The Balaban J connectivity index is 2.89. The van der Waals surface area contributed by atoms with E-state index >= 15 is 0 Å². The highest BCUT2D eigenvalue weighted by Crippen LogP contribution is 2.19. The lowest BCUT2D eigenvalue weighted by atomic mass is 10.2. The summed E-state index contributed by atoms with van der Waals surface area (Å²) < 4.78 is 29.8. The maximum absolute atomic E-state index is 12.7. The van der Waals surface area contributed by atoms with Crippen molar-refractivity contribution in [2.45, 2.75) is 0 Å². The lowest BCUT2D eigenvalue weighted by Gasteiger charge is -2.05. The molecule has 14 heavy (non-hydrogen) atoms. The first-order chi connectivity index (χ1) is 6.63. The summed E-state index contributed by atoms with van der Waals surface area (Å²) in [6, 6.07) is 5.24. The van der Waals surface area contributed by atoms with Gasteiger partial charge in [-0.15, -0.1) is 0 Å². The Bertz CT molecular complexity index is 396. The van der Waals surface area contributed by atoms with Crippen LogP contribution in [-0.4, -0.2) is 6.61 Å². The Labute approximate surface area is 80.0 Å². The molecule has 1 rings (SSSR count). The van der Waals surface area contributed by atoms with Crippen molar-refractivity contribution in [3.05, 3.63) is 42.0 Å². The molecule has 0 unspecified atom stereocenters. The highest BCUT2D eigenvalue weighted by Gasteiger charge is 2.05. The normalized spacial score (nSPS) is 9.21. The summed E-state index contributed by atoms with van der Waals surface area (Å²) in [7, 11) is 0. The van der Waals surface area contributed by atoms with Gasteiger partial charge in [-0.05, 0) is 12.1 Å². The molecule has 0 radical (unpaired) electrons. The lowest BCUT2D eigenvalue weighted by Crippen LogP contribution is -1.99. The minimum Gasteiger partial charge on any atom is -0.485 e. The second-order valence-electron chi connectivity index (χ2n) is 2.56. The topological polar surface area (TPSA) is 33.0 Å². The molecule has 0 heterocycles. The molecule has 0 aromatic heterocycles. The summed E-state index contributed by atoms with van der Waals surface area (Å²) in [5.41, 5.74) is 0.160. The second-order valence-corrected chi connectivity index (χ2v) is 2.56. The first kappa shape index (κ1) is 10.2. The van der Waals surface area contributed by atoms with E-state index in [-0.39, 0.29) is 17.9 Å². The standard InChI is InChI=1S/C10H7F2NO/c1-7(11)6-14-10-4-9(12)3-2-8(10)5-13/h2-4H,1,6H2. The van der Waals surface area contributed by atoms with Crippen LogP contribution in [0.5, 0.6) is 5.75 Å². The molecule has 0 aliphatic carbocycles. The van der Waals surface area contributed by atoms with Crippen molar-refractivity contribution in [2.75, 3.05) is 6.61 Å². The smallest absolute Gasteiger partial charge is 0.140 e. The molecule has 0 N–H and O–H groups in total. The molecule has 0 saturated heterocycles. The van der Waals surface area contributed by atoms with Crippen LogP contribution in [0.2, 0.25) is 0 Å². The summed E-state index contributed by atoms with van der Waals surface area (Å²) in [5, 5.41) is 8.61. The van der Waals surface area contributed by atoms with E-state index in [1.54, 1.807) is 6.07 Å². The van der Waals surface area contributed by atoms with Gasteiger partial charge >= 0.3 is 0 Å². The molecule has 0 atom stereocenters. The van der Waals surface area contributed by atoms with Crippen molar-refractivity contribution >= 4 is 0 Å². The van der Waals surface area contributed by atoms with E-state index < -0.39 is 11.6 Å². The zero-order chi connectivity index (χ0) is 10.6. The van der Waals surface area contributed by atoms with Gasteiger partial charge < -0.3 is 4.74 Å². The fourth-order valence-electron chi connectivity index (χ4n) is 0.864. The first-order valence-corrected chi connectivity index (χ1v) is 3.79. The van der Waals surface area contributed by atoms with Crippen LogP contribution in [0.4, 0.5) is 8.78 Å². The zero-order valence-corrected chi connectivity index (χ0v) is 7.26. The van der Waals surface area contributed by atoms with Gasteiger partial charge in [0.05, 0.1) is 5.56 Å².